The summed E-state index contributed by atoms with van der Waals surface area (Å²) in [4.78, 5) is 0.315. The van der Waals surface area contributed by atoms with Crippen LogP contribution in [0.25, 0.3) is 0 Å². The normalized spacial score (nSPS) is 15.0. The van der Waals surface area contributed by atoms with E-state index in [0.29, 0.717) is 16.5 Å². The summed E-state index contributed by atoms with van der Waals surface area (Å²) >= 11 is 0. The number of hydrogen-bond acceptors (Lipinski definition) is 3. The van der Waals surface area contributed by atoms with Crippen LogP contribution < -0.4 is 10.0 Å². The standard InChI is InChI=1S/C16H28N2O2S/c1-6-13(4)11-14(5)17-15-9-7-8-10-16(15)21(19,20)18-12(2)3/h7-10,12-14,17-18H,6,11H2,1-5H3. The van der Waals surface area contributed by atoms with Crippen molar-refractivity contribution < 1.29 is 8.42 Å². The van der Waals surface area contributed by atoms with Crippen LogP contribution in [0.2, 0.25) is 0 Å². The molecule has 5 heteroatoms. The van der Waals surface area contributed by atoms with Crippen molar-refractivity contribution in [1.29, 1.82) is 0 Å². The SMILES string of the molecule is CCC(C)CC(C)Nc1ccccc1S(=O)(=O)NC(C)C. The van der Waals surface area contributed by atoms with E-state index < -0.39 is 10.0 Å². The minimum Gasteiger partial charge on any atom is -0.381 e. The molecular formula is C16H28N2O2S. The monoisotopic (exact) mass is 312 g/mol. The summed E-state index contributed by atoms with van der Waals surface area (Å²) in [6.45, 7) is 10.1. The summed E-state index contributed by atoms with van der Waals surface area (Å²) in [5, 5.41) is 3.34. The van der Waals surface area contributed by atoms with Crippen molar-refractivity contribution in [2.75, 3.05) is 5.32 Å². The molecule has 0 spiro atoms. The van der Waals surface area contributed by atoms with Crippen molar-refractivity contribution in [2.45, 2.75) is 64.4 Å². The van der Waals surface area contributed by atoms with Gasteiger partial charge in [0.2, 0.25) is 10.0 Å². The van der Waals surface area contributed by atoms with Crippen molar-refractivity contribution in [3.63, 3.8) is 0 Å². The fraction of sp³-hybridized carbons (Fsp3) is 0.625. The Balaban J connectivity index is 2.94. The zero-order chi connectivity index (χ0) is 16.0. The van der Waals surface area contributed by atoms with Crippen molar-refractivity contribution in [3.05, 3.63) is 24.3 Å². The maximum Gasteiger partial charge on any atom is 0.242 e. The Morgan fingerprint density at radius 2 is 1.71 bits per heavy atom. The molecule has 4 nitrogen and oxygen atoms in total. The number of benzene rings is 1. The van der Waals surface area contributed by atoms with Gasteiger partial charge in [-0.2, -0.15) is 0 Å². The second-order valence-corrected chi connectivity index (χ2v) is 7.75. The maximum atomic E-state index is 12.4. The minimum atomic E-state index is -3.48. The van der Waals surface area contributed by atoms with Crippen molar-refractivity contribution in [1.82, 2.24) is 4.72 Å². The van der Waals surface area contributed by atoms with Crippen LogP contribution in [0.1, 0.15) is 47.5 Å². The van der Waals surface area contributed by atoms with Crippen LogP contribution in [0.5, 0.6) is 0 Å². The van der Waals surface area contributed by atoms with E-state index in [1.807, 2.05) is 26.0 Å². The lowest BCUT2D eigenvalue weighted by molar-refractivity contribution is 0.483. The summed E-state index contributed by atoms with van der Waals surface area (Å²) in [5.41, 5.74) is 0.668. The molecule has 0 aliphatic heterocycles. The first-order chi connectivity index (χ1) is 9.76. The lowest BCUT2D eigenvalue weighted by Gasteiger charge is -2.21. The Morgan fingerprint density at radius 3 is 2.29 bits per heavy atom. The Labute approximate surface area is 129 Å². The molecule has 21 heavy (non-hydrogen) atoms. The topological polar surface area (TPSA) is 58.2 Å². The number of para-hydroxylation sites is 1. The summed E-state index contributed by atoms with van der Waals surface area (Å²) in [5.74, 6) is 0.616. The Hall–Kier alpha value is -1.07. The number of nitrogens with one attached hydrogen (secondary N) is 2. The Morgan fingerprint density at radius 1 is 1.10 bits per heavy atom. The van der Waals surface area contributed by atoms with Gasteiger partial charge >= 0.3 is 0 Å². The molecule has 1 aromatic rings. The molecule has 0 radical (unpaired) electrons. The number of sulfonamides is 1. The molecular weight excluding hydrogens is 284 g/mol. The number of rotatable bonds is 8. The van der Waals surface area contributed by atoms with Gasteiger partial charge in [0.05, 0.1) is 5.69 Å². The van der Waals surface area contributed by atoms with Gasteiger partial charge in [0.1, 0.15) is 4.90 Å². The average molecular weight is 312 g/mol. The molecule has 0 fully saturated rings. The lowest BCUT2D eigenvalue weighted by Crippen LogP contribution is -2.31. The first-order valence-electron chi connectivity index (χ1n) is 7.64. The van der Waals surface area contributed by atoms with Gasteiger partial charge in [-0.25, -0.2) is 13.1 Å². The largest absolute Gasteiger partial charge is 0.381 e. The smallest absolute Gasteiger partial charge is 0.242 e. The van der Waals surface area contributed by atoms with Crippen LogP contribution in [-0.2, 0) is 10.0 Å². The van der Waals surface area contributed by atoms with Crippen molar-refractivity contribution in [3.8, 4) is 0 Å². The van der Waals surface area contributed by atoms with Crippen LogP contribution >= 0.6 is 0 Å². The summed E-state index contributed by atoms with van der Waals surface area (Å²) in [6, 6.07) is 7.17. The van der Waals surface area contributed by atoms with Gasteiger partial charge in [0.15, 0.2) is 0 Å². The molecule has 0 bridgehead atoms. The maximum absolute atomic E-state index is 12.4. The van der Waals surface area contributed by atoms with Crippen LogP contribution in [-0.4, -0.2) is 20.5 Å². The second kappa shape index (κ2) is 7.80. The van der Waals surface area contributed by atoms with Gasteiger partial charge in [-0.15, -0.1) is 0 Å². The molecule has 0 saturated heterocycles. The number of anilines is 1. The highest BCUT2D eigenvalue weighted by Gasteiger charge is 2.20. The molecule has 2 N–H and O–H groups in total. The zero-order valence-corrected chi connectivity index (χ0v) is 14.5. The molecule has 1 aromatic carbocycles. The fourth-order valence-electron chi connectivity index (χ4n) is 2.29. The van der Waals surface area contributed by atoms with E-state index in [0.717, 1.165) is 12.8 Å². The predicted octanol–water partition coefficient (Wildman–Crippen LogP) is 3.61. The van der Waals surface area contributed by atoms with Crippen LogP contribution in [0.3, 0.4) is 0 Å². The highest BCUT2D eigenvalue weighted by Crippen LogP contribution is 2.23. The first-order valence-corrected chi connectivity index (χ1v) is 9.12. The molecule has 2 atom stereocenters. The average Bonchev–Trinajstić information content (AvgIpc) is 2.37. The van der Waals surface area contributed by atoms with E-state index >= 15 is 0 Å². The summed E-state index contributed by atoms with van der Waals surface area (Å²) in [7, 11) is -3.48. The zero-order valence-electron chi connectivity index (χ0n) is 13.7. The molecule has 0 aliphatic carbocycles. The molecule has 0 aromatic heterocycles. The summed E-state index contributed by atoms with van der Waals surface area (Å²) in [6.07, 6.45) is 2.14. The van der Waals surface area contributed by atoms with Gasteiger partial charge in [0.25, 0.3) is 0 Å². The third-order valence-electron chi connectivity index (χ3n) is 3.42. The lowest BCUT2D eigenvalue weighted by atomic mass is 10.0. The molecule has 2 unspecified atom stereocenters. The van der Waals surface area contributed by atoms with E-state index in [9.17, 15) is 8.42 Å². The molecule has 1 rings (SSSR count). The van der Waals surface area contributed by atoms with E-state index in [-0.39, 0.29) is 12.1 Å². The molecule has 0 heterocycles. The highest BCUT2D eigenvalue weighted by atomic mass is 32.2. The first kappa shape index (κ1) is 18.0. The van der Waals surface area contributed by atoms with Crippen LogP contribution in [0.15, 0.2) is 29.2 Å². The van der Waals surface area contributed by atoms with Gasteiger partial charge in [-0.1, -0.05) is 32.4 Å². The van der Waals surface area contributed by atoms with Gasteiger partial charge in [0, 0.05) is 12.1 Å². The van der Waals surface area contributed by atoms with Gasteiger partial charge in [-0.05, 0) is 45.2 Å². The molecule has 0 saturated carbocycles. The summed E-state index contributed by atoms with van der Waals surface area (Å²) < 4.78 is 27.4. The second-order valence-electron chi connectivity index (χ2n) is 6.07. The van der Waals surface area contributed by atoms with Crippen LogP contribution in [0.4, 0.5) is 5.69 Å². The van der Waals surface area contributed by atoms with E-state index in [2.05, 4.69) is 30.8 Å². The Bertz CT molecular complexity index is 541. The van der Waals surface area contributed by atoms with Crippen molar-refractivity contribution in [2.24, 2.45) is 5.92 Å². The van der Waals surface area contributed by atoms with Crippen LogP contribution in [0, 0.1) is 5.92 Å². The minimum absolute atomic E-state index is 0.124. The van der Waals surface area contributed by atoms with Crippen molar-refractivity contribution >= 4 is 15.7 Å². The predicted molar refractivity (Wildman–Crippen MR) is 89.1 cm³/mol. The molecule has 0 aliphatic rings. The molecule has 120 valence electrons. The van der Waals surface area contributed by atoms with E-state index in [1.165, 1.54) is 0 Å². The quantitative estimate of drug-likeness (QED) is 0.771. The third-order valence-corrected chi connectivity index (χ3v) is 5.14. The third kappa shape index (κ3) is 5.67. The highest BCUT2D eigenvalue weighted by molar-refractivity contribution is 7.89. The Kier molecular flexibility index (Phi) is 6.68. The molecule has 0 amide bonds. The van der Waals surface area contributed by atoms with Gasteiger partial charge in [-0.3, -0.25) is 0 Å². The fourth-order valence-corrected chi connectivity index (χ4v) is 3.71. The van der Waals surface area contributed by atoms with E-state index in [4.69, 9.17) is 0 Å². The van der Waals surface area contributed by atoms with E-state index in [1.54, 1.807) is 12.1 Å². The van der Waals surface area contributed by atoms with Gasteiger partial charge < -0.3 is 5.32 Å². The number of hydrogen-bond donors (Lipinski definition) is 2.